The quantitative estimate of drug-likeness (QED) is 0.213. The molecule has 1 atom stereocenters. The maximum absolute atomic E-state index is 13.1. The zero-order chi connectivity index (χ0) is 22.8. The number of aliphatic hydroxyl groups excluding tert-OH is 1. The van der Waals surface area contributed by atoms with Crippen molar-refractivity contribution in [3.8, 4) is 5.75 Å². The number of nitro benzene ring substituents is 1. The number of anilines is 1. The summed E-state index contributed by atoms with van der Waals surface area (Å²) in [5.41, 5.74) is 0.731. The molecule has 1 saturated heterocycles. The predicted octanol–water partition coefficient (Wildman–Crippen LogP) is 4.23. The molecule has 0 bridgehead atoms. The molecule has 8 nitrogen and oxygen atoms in total. The van der Waals surface area contributed by atoms with Crippen LogP contribution >= 0.6 is 0 Å². The third-order valence-electron chi connectivity index (χ3n) is 5.24. The minimum absolute atomic E-state index is 0.0729. The van der Waals surface area contributed by atoms with Gasteiger partial charge in [-0.05, 0) is 29.8 Å². The number of hydrogen-bond donors (Lipinski definition) is 1. The van der Waals surface area contributed by atoms with E-state index in [1.807, 2.05) is 0 Å². The van der Waals surface area contributed by atoms with Crippen molar-refractivity contribution in [2.24, 2.45) is 0 Å². The number of aliphatic hydroxyl groups is 1. The number of ketones is 1. The third kappa shape index (κ3) is 3.58. The average molecular weight is 430 g/mol. The molecule has 1 aliphatic heterocycles. The average Bonchev–Trinajstić information content (AvgIpc) is 3.09. The third-order valence-corrected chi connectivity index (χ3v) is 5.24. The monoisotopic (exact) mass is 430 g/mol. The number of non-ortho nitro benzene ring substituents is 1. The van der Waals surface area contributed by atoms with E-state index in [0.29, 0.717) is 17.0 Å². The Morgan fingerprint density at radius 3 is 2.31 bits per heavy atom. The van der Waals surface area contributed by atoms with Gasteiger partial charge in [0.2, 0.25) is 0 Å². The van der Waals surface area contributed by atoms with Crippen LogP contribution < -0.4 is 9.64 Å². The summed E-state index contributed by atoms with van der Waals surface area (Å²) in [7, 11) is 1.52. The van der Waals surface area contributed by atoms with Crippen molar-refractivity contribution < 1.29 is 24.4 Å². The maximum atomic E-state index is 13.1. The SMILES string of the molecule is COc1ccc(C2/C(=C(/O)c3cccc([N+](=O)[O-])c3)C(=O)C(=O)N2c2ccccc2)cc1. The molecule has 0 spiro atoms. The Bertz CT molecular complexity index is 1230. The summed E-state index contributed by atoms with van der Waals surface area (Å²) in [6.45, 7) is 0. The van der Waals surface area contributed by atoms with Crippen LogP contribution in [0, 0.1) is 10.1 Å². The largest absolute Gasteiger partial charge is 0.507 e. The van der Waals surface area contributed by atoms with E-state index in [2.05, 4.69) is 0 Å². The lowest BCUT2D eigenvalue weighted by Gasteiger charge is -2.25. The fraction of sp³-hybridized carbons (Fsp3) is 0.0833. The van der Waals surface area contributed by atoms with E-state index in [1.165, 1.54) is 30.2 Å². The van der Waals surface area contributed by atoms with Crippen molar-refractivity contribution in [2.75, 3.05) is 12.0 Å². The van der Waals surface area contributed by atoms with Crippen LogP contribution in [0.3, 0.4) is 0 Å². The Morgan fingerprint density at radius 1 is 1.00 bits per heavy atom. The first kappa shape index (κ1) is 20.8. The van der Waals surface area contributed by atoms with Crippen LogP contribution in [-0.4, -0.2) is 28.8 Å². The number of rotatable bonds is 5. The molecular formula is C24H18N2O6. The van der Waals surface area contributed by atoms with Gasteiger partial charge in [-0.1, -0.05) is 42.5 Å². The number of hydrogen-bond acceptors (Lipinski definition) is 6. The number of carbonyl (C=O) groups excluding carboxylic acids is 2. The molecule has 0 saturated carbocycles. The Hall–Kier alpha value is -4.46. The minimum atomic E-state index is -0.928. The summed E-state index contributed by atoms with van der Waals surface area (Å²) in [6.07, 6.45) is 0. The first-order chi connectivity index (χ1) is 15.4. The molecule has 1 aliphatic rings. The van der Waals surface area contributed by atoms with Gasteiger partial charge in [0.05, 0.1) is 23.6 Å². The van der Waals surface area contributed by atoms with E-state index < -0.39 is 28.4 Å². The number of nitro groups is 1. The molecular weight excluding hydrogens is 412 g/mol. The molecule has 8 heteroatoms. The van der Waals surface area contributed by atoms with Crippen LogP contribution in [0.5, 0.6) is 5.75 Å². The van der Waals surface area contributed by atoms with Crippen molar-refractivity contribution in [1.82, 2.24) is 0 Å². The second-order valence-electron chi connectivity index (χ2n) is 7.09. The molecule has 32 heavy (non-hydrogen) atoms. The summed E-state index contributed by atoms with van der Waals surface area (Å²) in [5.74, 6) is -1.57. The maximum Gasteiger partial charge on any atom is 0.300 e. The molecule has 3 aromatic rings. The highest BCUT2D eigenvalue weighted by Gasteiger charge is 2.47. The Labute approximate surface area is 183 Å². The van der Waals surface area contributed by atoms with Crippen LogP contribution in [0.1, 0.15) is 17.2 Å². The lowest BCUT2D eigenvalue weighted by atomic mass is 9.95. The van der Waals surface area contributed by atoms with Crippen molar-refractivity contribution in [3.05, 3.63) is 106 Å². The number of para-hydroxylation sites is 1. The van der Waals surface area contributed by atoms with Gasteiger partial charge in [0.25, 0.3) is 17.4 Å². The highest BCUT2D eigenvalue weighted by atomic mass is 16.6. The number of carbonyl (C=O) groups is 2. The number of amides is 1. The molecule has 1 fully saturated rings. The van der Waals surface area contributed by atoms with E-state index in [-0.39, 0.29) is 16.8 Å². The summed E-state index contributed by atoms with van der Waals surface area (Å²) in [4.78, 5) is 38.0. The van der Waals surface area contributed by atoms with Gasteiger partial charge in [-0.15, -0.1) is 0 Å². The van der Waals surface area contributed by atoms with E-state index in [1.54, 1.807) is 54.6 Å². The Kier molecular flexibility index (Phi) is 5.43. The van der Waals surface area contributed by atoms with Gasteiger partial charge >= 0.3 is 0 Å². The van der Waals surface area contributed by atoms with Gasteiger partial charge < -0.3 is 9.84 Å². The first-order valence-corrected chi connectivity index (χ1v) is 9.67. The zero-order valence-corrected chi connectivity index (χ0v) is 17.0. The van der Waals surface area contributed by atoms with E-state index >= 15 is 0 Å². The topological polar surface area (TPSA) is 110 Å². The Morgan fingerprint density at radius 2 is 1.69 bits per heavy atom. The van der Waals surface area contributed by atoms with Gasteiger partial charge in [0.1, 0.15) is 11.5 Å². The van der Waals surface area contributed by atoms with Crippen LogP contribution in [0.2, 0.25) is 0 Å². The molecule has 1 heterocycles. The molecule has 1 N–H and O–H groups in total. The summed E-state index contributed by atoms with van der Waals surface area (Å²) in [6, 6.07) is 19.8. The van der Waals surface area contributed by atoms with Crippen molar-refractivity contribution in [3.63, 3.8) is 0 Å². The Balaban J connectivity index is 1.93. The normalized spacial score (nSPS) is 17.4. The van der Waals surface area contributed by atoms with Crippen LogP contribution in [0.4, 0.5) is 11.4 Å². The van der Waals surface area contributed by atoms with E-state index in [0.717, 1.165) is 6.07 Å². The van der Waals surface area contributed by atoms with Crippen molar-refractivity contribution in [2.45, 2.75) is 6.04 Å². The fourth-order valence-corrected chi connectivity index (χ4v) is 3.71. The molecule has 1 amide bonds. The van der Waals surface area contributed by atoms with Gasteiger partial charge in [-0.2, -0.15) is 0 Å². The molecule has 0 aliphatic carbocycles. The van der Waals surface area contributed by atoms with Gasteiger partial charge in [-0.25, -0.2) is 0 Å². The predicted molar refractivity (Wildman–Crippen MR) is 117 cm³/mol. The molecule has 0 radical (unpaired) electrons. The number of methoxy groups -OCH3 is 1. The summed E-state index contributed by atoms with van der Waals surface area (Å²) >= 11 is 0. The minimum Gasteiger partial charge on any atom is -0.507 e. The lowest BCUT2D eigenvalue weighted by molar-refractivity contribution is -0.384. The van der Waals surface area contributed by atoms with Crippen LogP contribution in [0.15, 0.2) is 84.4 Å². The van der Waals surface area contributed by atoms with Gasteiger partial charge in [0.15, 0.2) is 0 Å². The second kappa shape index (κ2) is 8.35. The van der Waals surface area contributed by atoms with Crippen molar-refractivity contribution in [1.29, 1.82) is 0 Å². The second-order valence-corrected chi connectivity index (χ2v) is 7.09. The smallest absolute Gasteiger partial charge is 0.300 e. The number of nitrogens with zero attached hydrogens (tertiary/aromatic N) is 2. The highest BCUT2D eigenvalue weighted by Crippen LogP contribution is 2.42. The fourth-order valence-electron chi connectivity index (χ4n) is 3.71. The number of ether oxygens (including phenoxy) is 1. The zero-order valence-electron chi connectivity index (χ0n) is 17.0. The van der Waals surface area contributed by atoms with Crippen LogP contribution in [0.25, 0.3) is 5.76 Å². The molecule has 3 aromatic carbocycles. The molecule has 1 unspecified atom stereocenters. The standard InChI is InChI=1S/C24H18N2O6/c1-32-19-12-10-15(11-13-19)21-20(22(27)16-6-5-9-18(14-16)26(30)31)23(28)24(29)25(21)17-7-3-2-4-8-17/h2-14,21,27H,1H3/b22-20-. The molecule has 4 rings (SSSR count). The van der Waals surface area contributed by atoms with E-state index in [4.69, 9.17) is 4.74 Å². The lowest BCUT2D eigenvalue weighted by Crippen LogP contribution is -2.29. The molecule has 160 valence electrons. The summed E-state index contributed by atoms with van der Waals surface area (Å²) in [5, 5.41) is 22.2. The number of Topliss-reactive ketones (excluding diaryl/α,β-unsaturated/α-hetero) is 1. The first-order valence-electron chi connectivity index (χ1n) is 9.67. The molecule has 0 aromatic heterocycles. The van der Waals surface area contributed by atoms with Crippen LogP contribution in [-0.2, 0) is 9.59 Å². The highest BCUT2D eigenvalue weighted by molar-refractivity contribution is 6.51. The van der Waals surface area contributed by atoms with Crippen molar-refractivity contribution >= 4 is 28.8 Å². The number of benzene rings is 3. The summed E-state index contributed by atoms with van der Waals surface area (Å²) < 4.78 is 5.19. The van der Waals surface area contributed by atoms with Gasteiger partial charge in [0, 0.05) is 23.4 Å². The van der Waals surface area contributed by atoms with Gasteiger partial charge in [-0.3, -0.25) is 24.6 Å². The van der Waals surface area contributed by atoms with E-state index in [9.17, 15) is 24.8 Å².